The zero-order valence-electron chi connectivity index (χ0n) is 23.5. The zero-order valence-corrected chi connectivity index (χ0v) is 25.0. The lowest BCUT2D eigenvalue weighted by molar-refractivity contribution is -0.158. The standard InChI is InChI=1S/C28H46Cl2N4O4/c1-4-36-20-21-38-23(27(35)37-5-2)18-16-14-12-10-8-6-7-9-11-13-15-17-19-34-22(3)31-26-24(34)25(29)32-28(30)33-26/h23H,4-21H2,1-3H3. The Labute approximate surface area is 238 Å². The number of hydrogen-bond donors (Lipinski definition) is 0. The molecule has 0 saturated carbocycles. The molecule has 38 heavy (non-hydrogen) atoms. The number of aryl methyl sites for hydroxylation is 2. The van der Waals surface area contributed by atoms with Crippen molar-refractivity contribution in [2.24, 2.45) is 0 Å². The Hall–Kier alpha value is -1.48. The van der Waals surface area contributed by atoms with E-state index in [-0.39, 0.29) is 11.3 Å². The Kier molecular flexibility index (Phi) is 16.8. The molecule has 0 fully saturated rings. The first-order valence-corrected chi connectivity index (χ1v) is 15.1. The molecular weight excluding hydrogens is 527 g/mol. The van der Waals surface area contributed by atoms with Crippen LogP contribution < -0.4 is 0 Å². The number of ether oxygens (including phenoxy) is 3. The van der Waals surface area contributed by atoms with Gasteiger partial charge in [0, 0.05) is 13.2 Å². The van der Waals surface area contributed by atoms with Gasteiger partial charge in [0.15, 0.2) is 16.9 Å². The number of halogens is 2. The molecule has 8 nitrogen and oxygen atoms in total. The molecule has 0 aliphatic rings. The van der Waals surface area contributed by atoms with Crippen molar-refractivity contribution in [3.63, 3.8) is 0 Å². The van der Waals surface area contributed by atoms with Crippen LogP contribution >= 0.6 is 23.2 Å². The van der Waals surface area contributed by atoms with E-state index in [9.17, 15) is 4.79 Å². The number of fused-ring (bicyclic) bond motifs is 1. The minimum absolute atomic E-state index is 0.131. The average Bonchev–Trinajstić information content (AvgIpc) is 3.20. The highest BCUT2D eigenvalue weighted by molar-refractivity contribution is 6.35. The fourth-order valence-corrected chi connectivity index (χ4v) is 5.09. The van der Waals surface area contributed by atoms with Gasteiger partial charge in [0.2, 0.25) is 5.28 Å². The topological polar surface area (TPSA) is 88.4 Å². The number of unbranched alkanes of at least 4 members (excludes halogenated alkanes) is 11. The number of rotatable bonds is 22. The summed E-state index contributed by atoms with van der Waals surface area (Å²) in [6.45, 7) is 8.58. The van der Waals surface area contributed by atoms with Gasteiger partial charge in [0.05, 0.1) is 19.8 Å². The third kappa shape index (κ3) is 12.1. The molecule has 0 saturated heterocycles. The maximum absolute atomic E-state index is 12.1. The summed E-state index contributed by atoms with van der Waals surface area (Å²) in [6.07, 6.45) is 14.8. The summed E-state index contributed by atoms with van der Waals surface area (Å²) in [5.41, 5.74) is 1.34. The van der Waals surface area contributed by atoms with Crippen molar-refractivity contribution >= 4 is 40.3 Å². The van der Waals surface area contributed by atoms with Crippen LogP contribution in [0.5, 0.6) is 0 Å². The fourth-order valence-electron chi connectivity index (χ4n) is 4.62. The summed E-state index contributed by atoms with van der Waals surface area (Å²) in [7, 11) is 0. The van der Waals surface area contributed by atoms with Crippen molar-refractivity contribution in [2.75, 3.05) is 26.4 Å². The highest BCUT2D eigenvalue weighted by atomic mass is 35.5. The van der Waals surface area contributed by atoms with Gasteiger partial charge < -0.3 is 18.8 Å². The SMILES string of the molecule is CCOCCOC(CCCCCCCCCCCCCCn1c(C)nc2nc(Cl)nc(Cl)c21)C(=O)OCC. The lowest BCUT2D eigenvalue weighted by Crippen LogP contribution is -2.28. The molecule has 0 bridgehead atoms. The second-order valence-corrected chi connectivity index (χ2v) is 10.3. The molecule has 2 aromatic heterocycles. The zero-order chi connectivity index (χ0) is 27.6. The van der Waals surface area contributed by atoms with E-state index in [1.54, 1.807) is 0 Å². The summed E-state index contributed by atoms with van der Waals surface area (Å²) < 4.78 is 18.2. The molecule has 2 aromatic rings. The van der Waals surface area contributed by atoms with E-state index in [4.69, 9.17) is 37.4 Å². The number of hydrogen-bond acceptors (Lipinski definition) is 7. The van der Waals surface area contributed by atoms with Crippen LogP contribution in [0.15, 0.2) is 0 Å². The molecule has 0 aromatic carbocycles. The van der Waals surface area contributed by atoms with Gasteiger partial charge in [-0.05, 0) is 45.2 Å². The Morgan fingerprint density at radius 3 is 2.03 bits per heavy atom. The number of esters is 1. The van der Waals surface area contributed by atoms with E-state index in [0.29, 0.717) is 37.2 Å². The van der Waals surface area contributed by atoms with Crippen molar-refractivity contribution in [2.45, 2.75) is 117 Å². The van der Waals surface area contributed by atoms with Gasteiger partial charge in [-0.1, -0.05) is 82.2 Å². The summed E-state index contributed by atoms with van der Waals surface area (Å²) in [5.74, 6) is 0.641. The van der Waals surface area contributed by atoms with E-state index >= 15 is 0 Å². The van der Waals surface area contributed by atoms with Crippen LogP contribution in [0.3, 0.4) is 0 Å². The van der Waals surface area contributed by atoms with Crippen LogP contribution in [0, 0.1) is 6.92 Å². The molecule has 216 valence electrons. The van der Waals surface area contributed by atoms with Crippen LogP contribution in [0.25, 0.3) is 11.2 Å². The van der Waals surface area contributed by atoms with Crippen molar-refractivity contribution in [3.8, 4) is 0 Å². The van der Waals surface area contributed by atoms with Crippen LogP contribution in [-0.4, -0.2) is 58.0 Å². The molecule has 1 atom stereocenters. The highest BCUT2D eigenvalue weighted by Crippen LogP contribution is 2.24. The molecule has 0 aliphatic carbocycles. The number of nitrogens with zero attached hydrogens (tertiary/aromatic N) is 4. The first kappa shape index (κ1) is 32.7. The van der Waals surface area contributed by atoms with E-state index in [1.165, 1.54) is 57.8 Å². The highest BCUT2D eigenvalue weighted by Gasteiger charge is 2.20. The molecule has 0 spiro atoms. The van der Waals surface area contributed by atoms with Gasteiger partial charge in [-0.15, -0.1) is 0 Å². The van der Waals surface area contributed by atoms with Crippen molar-refractivity contribution in [1.29, 1.82) is 0 Å². The number of aromatic nitrogens is 4. The molecule has 0 N–H and O–H groups in total. The quantitative estimate of drug-likeness (QED) is 0.0624. The van der Waals surface area contributed by atoms with Crippen molar-refractivity contribution in [1.82, 2.24) is 19.5 Å². The third-order valence-electron chi connectivity index (χ3n) is 6.62. The molecule has 2 rings (SSSR count). The van der Waals surface area contributed by atoms with Crippen LogP contribution in [0.1, 0.15) is 103 Å². The van der Waals surface area contributed by atoms with E-state index in [0.717, 1.165) is 43.6 Å². The Morgan fingerprint density at radius 2 is 1.42 bits per heavy atom. The lowest BCUT2D eigenvalue weighted by Gasteiger charge is -2.16. The molecule has 1 unspecified atom stereocenters. The summed E-state index contributed by atoms with van der Waals surface area (Å²) in [4.78, 5) is 24.8. The van der Waals surface area contributed by atoms with Gasteiger partial charge in [-0.3, -0.25) is 0 Å². The minimum Gasteiger partial charge on any atom is -0.464 e. The van der Waals surface area contributed by atoms with Crippen LogP contribution in [-0.2, 0) is 25.5 Å². The van der Waals surface area contributed by atoms with Crippen LogP contribution in [0.2, 0.25) is 10.4 Å². The lowest BCUT2D eigenvalue weighted by atomic mass is 10.0. The average molecular weight is 574 g/mol. The van der Waals surface area contributed by atoms with Gasteiger partial charge in [0.1, 0.15) is 11.3 Å². The summed E-state index contributed by atoms with van der Waals surface area (Å²) >= 11 is 12.2. The maximum atomic E-state index is 12.1. The Morgan fingerprint density at radius 1 is 0.816 bits per heavy atom. The molecule has 10 heteroatoms. The van der Waals surface area contributed by atoms with Crippen molar-refractivity contribution < 1.29 is 19.0 Å². The molecular formula is C28H46Cl2N4O4. The predicted molar refractivity (Wildman–Crippen MR) is 153 cm³/mol. The number of imidazole rings is 1. The van der Waals surface area contributed by atoms with E-state index in [2.05, 4.69) is 19.5 Å². The fraction of sp³-hybridized carbons (Fsp3) is 0.786. The van der Waals surface area contributed by atoms with Gasteiger partial charge >= 0.3 is 5.97 Å². The Bertz CT molecular complexity index is 941. The second-order valence-electron chi connectivity index (χ2n) is 9.61. The van der Waals surface area contributed by atoms with Gasteiger partial charge in [-0.25, -0.2) is 14.8 Å². The second kappa shape index (κ2) is 19.6. The molecule has 0 aliphatic heterocycles. The minimum atomic E-state index is -0.468. The van der Waals surface area contributed by atoms with E-state index in [1.807, 2.05) is 20.8 Å². The van der Waals surface area contributed by atoms with E-state index < -0.39 is 6.10 Å². The predicted octanol–water partition coefficient (Wildman–Crippen LogP) is 7.50. The first-order valence-electron chi connectivity index (χ1n) is 14.4. The van der Waals surface area contributed by atoms with Crippen molar-refractivity contribution in [3.05, 3.63) is 16.3 Å². The summed E-state index contributed by atoms with van der Waals surface area (Å²) in [5, 5.41) is 0.495. The summed E-state index contributed by atoms with van der Waals surface area (Å²) in [6, 6.07) is 0. The smallest absolute Gasteiger partial charge is 0.335 e. The maximum Gasteiger partial charge on any atom is 0.335 e. The number of carbonyl (C=O) groups is 1. The monoisotopic (exact) mass is 572 g/mol. The number of carbonyl (C=O) groups excluding carboxylic acids is 1. The molecule has 0 amide bonds. The van der Waals surface area contributed by atoms with Crippen LogP contribution in [0.4, 0.5) is 0 Å². The van der Waals surface area contributed by atoms with Gasteiger partial charge in [0.25, 0.3) is 0 Å². The normalized spacial score (nSPS) is 12.3. The third-order valence-corrected chi connectivity index (χ3v) is 7.05. The Balaban J connectivity index is 1.46. The molecule has 2 heterocycles. The van der Waals surface area contributed by atoms with Gasteiger partial charge in [-0.2, -0.15) is 4.98 Å². The largest absolute Gasteiger partial charge is 0.464 e. The molecule has 0 radical (unpaired) electrons. The first-order chi connectivity index (χ1) is 18.5.